The second-order valence-electron chi connectivity index (χ2n) is 9.94. The number of ether oxygens (including phenoxy) is 2. The molecule has 0 radical (unpaired) electrons. The fourth-order valence-corrected chi connectivity index (χ4v) is 6.04. The van der Waals surface area contributed by atoms with Crippen molar-refractivity contribution in [2.24, 2.45) is 0 Å². The molecule has 2 aromatic carbocycles. The molecule has 8 nitrogen and oxygen atoms in total. The SMILES string of the molecule is CCOC(=O)C1(OOC(C)(C)C)c2ccc3ccccc3c2S(=O)(=O)N1C(C)OC(C)(C)C. The molecule has 0 saturated carbocycles. The van der Waals surface area contributed by atoms with Crippen molar-refractivity contribution in [1.29, 1.82) is 0 Å². The fraction of sp³-hybridized carbons (Fsp3) is 0.542. The van der Waals surface area contributed by atoms with Crippen LogP contribution in [0, 0.1) is 0 Å². The molecule has 0 amide bonds. The lowest BCUT2D eigenvalue weighted by molar-refractivity contribution is -0.426. The van der Waals surface area contributed by atoms with Gasteiger partial charge in [-0.2, -0.15) is 4.89 Å². The van der Waals surface area contributed by atoms with E-state index in [2.05, 4.69) is 0 Å². The average molecular weight is 480 g/mol. The van der Waals surface area contributed by atoms with E-state index in [4.69, 9.17) is 19.2 Å². The maximum atomic E-state index is 14.1. The number of hydrogen-bond acceptors (Lipinski definition) is 7. The van der Waals surface area contributed by atoms with Gasteiger partial charge in [0, 0.05) is 10.9 Å². The minimum Gasteiger partial charge on any atom is -0.462 e. The van der Waals surface area contributed by atoms with E-state index in [9.17, 15) is 13.2 Å². The molecule has 33 heavy (non-hydrogen) atoms. The molecule has 0 spiro atoms. The summed E-state index contributed by atoms with van der Waals surface area (Å²) in [6.45, 7) is 13.8. The highest BCUT2D eigenvalue weighted by Gasteiger charge is 2.65. The van der Waals surface area contributed by atoms with Gasteiger partial charge in [-0.3, -0.25) is 0 Å². The molecule has 0 aliphatic carbocycles. The van der Waals surface area contributed by atoms with Crippen molar-refractivity contribution in [2.75, 3.05) is 6.61 Å². The van der Waals surface area contributed by atoms with Gasteiger partial charge in [-0.15, -0.1) is 4.31 Å². The number of rotatable bonds is 6. The molecule has 1 aliphatic heterocycles. The Kier molecular flexibility index (Phi) is 6.69. The third-order valence-corrected chi connectivity index (χ3v) is 6.92. The third kappa shape index (κ3) is 4.65. The van der Waals surface area contributed by atoms with E-state index in [1.807, 2.05) is 6.07 Å². The van der Waals surface area contributed by atoms with E-state index in [1.165, 1.54) is 0 Å². The summed E-state index contributed by atoms with van der Waals surface area (Å²) in [5.74, 6) is -0.906. The molecule has 3 rings (SSSR count). The second kappa shape index (κ2) is 8.63. The Balaban J connectivity index is 2.39. The van der Waals surface area contributed by atoms with Gasteiger partial charge < -0.3 is 9.47 Å². The molecule has 2 atom stereocenters. The summed E-state index contributed by atoms with van der Waals surface area (Å²) in [6, 6.07) is 10.4. The minimum atomic E-state index is -4.28. The normalized spacial score (nSPS) is 21.7. The molecule has 0 aromatic heterocycles. The number of esters is 1. The molecule has 1 heterocycles. The monoisotopic (exact) mass is 479 g/mol. The van der Waals surface area contributed by atoms with E-state index in [0.717, 1.165) is 4.31 Å². The molecular formula is C24H33NO7S. The third-order valence-electron chi connectivity index (χ3n) is 4.89. The lowest BCUT2D eigenvalue weighted by atomic mass is 9.98. The largest absolute Gasteiger partial charge is 0.462 e. The van der Waals surface area contributed by atoms with Crippen molar-refractivity contribution >= 4 is 26.8 Å². The molecule has 2 aromatic rings. The Morgan fingerprint density at radius 3 is 2.24 bits per heavy atom. The molecule has 0 bridgehead atoms. The van der Waals surface area contributed by atoms with Crippen molar-refractivity contribution in [3.63, 3.8) is 0 Å². The Hall–Kier alpha value is -2.04. The summed E-state index contributed by atoms with van der Waals surface area (Å²) in [4.78, 5) is 24.9. The predicted molar refractivity (Wildman–Crippen MR) is 124 cm³/mol. The fourth-order valence-electron chi connectivity index (χ4n) is 3.91. The van der Waals surface area contributed by atoms with E-state index in [1.54, 1.807) is 85.7 Å². The van der Waals surface area contributed by atoms with E-state index >= 15 is 0 Å². The highest BCUT2D eigenvalue weighted by Crippen LogP contribution is 2.50. The summed E-state index contributed by atoms with van der Waals surface area (Å²) < 4.78 is 40.5. The summed E-state index contributed by atoms with van der Waals surface area (Å²) in [6.07, 6.45) is -1.09. The first-order valence-corrected chi connectivity index (χ1v) is 12.4. The van der Waals surface area contributed by atoms with Gasteiger partial charge >= 0.3 is 5.97 Å². The molecule has 2 unspecified atom stereocenters. The van der Waals surface area contributed by atoms with Crippen LogP contribution in [0.2, 0.25) is 0 Å². The second-order valence-corrected chi connectivity index (χ2v) is 11.7. The van der Waals surface area contributed by atoms with Crippen molar-refractivity contribution < 1.29 is 32.5 Å². The number of fused-ring (bicyclic) bond motifs is 3. The first-order chi connectivity index (χ1) is 15.1. The van der Waals surface area contributed by atoms with Crippen molar-refractivity contribution in [3.8, 4) is 0 Å². The number of carbonyl (C=O) groups is 1. The van der Waals surface area contributed by atoms with Crippen LogP contribution >= 0.6 is 0 Å². The lowest BCUT2D eigenvalue weighted by Gasteiger charge is -2.39. The molecule has 1 aliphatic rings. The van der Waals surface area contributed by atoms with E-state index < -0.39 is 39.1 Å². The Morgan fingerprint density at radius 1 is 1.03 bits per heavy atom. The minimum absolute atomic E-state index is 0.0186. The number of hydrogen-bond donors (Lipinski definition) is 0. The highest BCUT2D eigenvalue weighted by atomic mass is 32.2. The predicted octanol–water partition coefficient (Wildman–Crippen LogP) is 4.47. The standard InChI is InChI=1S/C24H33NO7S/c1-9-29-21(26)24(32-31-23(6,7)8)19-15-14-17-12-10-11-13-18(17)20(19)33(27,28)25(24)16(2)30-22(3,4)5/h10-16H,9H2,1-8H3. The topological polar surface area (TPSA) is 91.4 Å². The molecule has 0 fully saturated rings. The quantitative estimate of drug-likeness (QED) is 0.343. The van der Waals surface area contributed by atoms with Crippen molar-refractivity contribution in [3.05, 3.63) is 42.0 Å². The molecule has 9 heteroatoms. The number of sulfonamides is 1. The Morgan fingerprint density at radius 2 is 1.67 bits per heavy atom. The molecule has 0 N–H and O–H groups in total. The first kappa shape index (κ1) is 25.6. The summed E-state index contributed by atoms with van der Waals surface area (Å²) >= 11 is 0. The summed E-state index contributed by atoms with van der Waals surface area (Å²) in [7, 11) is -4.28. The van der Waals surface area contributed by atoms with Crippen LogP contribution in [0.25, 0.3) is 10.8 Å². The van der Waals surface area contributed by atoms with Gasteiger partial charge in [-0.05, 0) is 60.8 Å². The maximum absolute atomic E-state index is 14.1. The van der Waals surface area contributed by atoms with Crippen LogP contribution in [0.4, 0.5) is 0 Å². The van der Waals surface area contributed by atoms with Gasteiger partial charge in [-0.1, -0.05) is 36.4 Å². The highest BCUT2D eigenvalue weighted by molar-refractivity contribution is 7.89. The average Bonchev–Trinajstić information content (AvgIpc) is 2.89. The van der Waals surface area contributed by atoms with E-state index in [-0.39, 0.29) is 17.1 Å². The number of nitrogens with zero attached hydrogens (tertiary/aromatic N) is 1. The van der Waals surface area contributed by atoms with Gasteiger partial charge in [-0.25, -0.2) is 18.1 Å². The van der Waals surface area contributed by atoms with Crippen LogP contribution in [-0.4, -0.2) is 42.7 Å². The molecule has 182 valence electrons. The van der Waals surface area contributed by atoms with Crippen LogP contribution in [0.15, 0.2) is 41.3 Å². The van der Waals surface area contributed by atoms with Crippen LogP contribution in [0.1, 0.15) is 61.0 Å². The van der Waals surface area contributed by atoms with Crippen LogP contribution in [0.5, 0.6) is 0 Å². The smallest absolute Gasteiger partial charge is 0.363 e. The first-order valence-electron chi connectivity index (χ1n) is 10.9. The number of carbonyl (C=O) groups excluding carboxylic acids is 1. The lowest BCUT2D eigenvalue weighted by Crippen LogP contribution is -2.58. The van der Waals surface area contributed by atoms with Crippen LogP contribution in [-0.2, 0) is 39.8 Å². The Bertz CT molecular complexity index is 1150. The zero-order valence-electron chi connectivity index (χ0n) is 20.5. The summed E-state index contributed by atoms with van der Waals surface area (Å²) in [5, 5.41) is 1.18. The van der Waals surface area contributed by atoms with Crippen molar-refractivity contribution in [2.45, 2.75) is 83.4 Å². The zero-order chi connectivity index (χ0) is 24.8. The van der Waals surface area contributed by atoms with Gasteiger partial charge in [0.25, 0.3) is 5.72 Å². The van der Waals surface area contributed by atoms with Gasteiger partial charge in [0.2, 0.25) is 10.0 Å². The Labute approximate surface area is 195 Å². The van der Waals surface area contributed by atoms with Gasteiger partial charge in [0.1, 0.15) is 6.23 Å². The maximum Gasteiger partial charge on any atom is 0.363 e. The zero-order valence-corrected chi connectivity index (χ0v) is 21.3. The van der Waals surface area contributed by atoms with Gasteiger partial charge in [0.05, 0.1) is 22.7 Å². The van der Waals surface area contributed by atoms with E-state index in [0.29, 0.717) is 10.8 Å². The van der Waals surface area contributed by atoms with Crippen LogP contribution < -0.4 is 0 Å². The molecular weight excluding hydrogens is 446 g/mol. The molecule has 0 saturated heterocycles. The number of benzene rings is 2. The van der Waals surface area contributed by atoms with Crippen LogP contribution in [0.3, 0.4) is 0 Å². The van der Waals surface area contributed by atoms with Gasteiger partial charge in [0.15, 0.2) is 0 Å². The van der Waals surface area contributed by atoms with Crippen molar-refractivity contribution in [1.82, 2.24) is 4.31 Å². The summed E-state index contributed by atoms with van der Waals surface area (Å²) in [5.41, 5.74) is -3.67.